The molecule has 0 saturated heterocycles. The van der Waals surface area contributed by atoms with E-state index in [4.69, 9.17) is 5.73 Å². The maximum Gasteiger partial charge on any atom is 0.345 e. The van der Waals surface area contributed by atoms with Crippen molar-refractivity contribution < 1.29 is 9.90 Å². The highest BCUT2D eigenvalue weighted by Gasteiger charge is 2.10. The lowest BCUT2D eigenvalue weighted by molar-refractivity contribution is 0.0955. The van der Waals surface area contributed by atoms with Gasteiger partial charge < -0.3 is 21.1 Å². The van der Waals surface area contributed by atoms with E-state index in [1.165, 1.54) is 0 Å². The number of phenolic OH excluding ortho intramolecular Hbond substituents is 1. The molecule has 1 amide bonds. The smallest absolute Gasteiger partial charge is 0.345 e. The number of hydrogen-bond acceptors (Lipinski definition) is 5. The van der Waals surface area contributed by atoms with Crippen molar-refractivity contribution in [2.75, 3.05) is 13.1 Å². The van der Waals surface area contributed by atoms with Gasteiger partial charge in [-0.05, 0) is 54.4 Å². The topological polar surface area (TPSA) is 121 Å². The molecule has 138 valence electrons. The molecule has 27 heavy (non-hydrogen) atoms. The molecule has 1 heterocycles. The number of nitrogens with zero attached hydrogens (tertiary/aromatic N) is 1. The number of rotatable bonds is 5. The van der Waals surface area contributed by atoms with Crippen LogP contribution in [0.5, 0.6) is 5.75 Å². The summed E-state index contributed by atoms with van der Waals surface area (Å²) in [4.78, 5) is 30.9. The number of amides is 1. The molecule has 1 aromatic heterocycles. The van der Waals surface area contributed by atoms with E-state index in [-0.39, 0.29) is 11.7 Å². The van der Waals surface area contributed by atoms with Gasteiger partial charge in [0.15, 0.2) is 0 Å². The maximum atomic E-state index is 12.1. The monoisotopic (exact) mass is 364 g/mol. The average molecular weight is 364 g/mol. The molecule has 0 saturated carbocycles. The Morgan fingerprint density at radius 3 is 2.74 bits per heavy atom. The predicted octanol–water partition coefficient (Wildman–Crippen LogP) is 1.81. The summed E-state index contributed by atoms with van der Waals surface area (Å²) < 4.78 is 0. The third-order valence-corrected chi connectivity index (χ3v) is 4.10. The number of hydrogen-bond donors (Lipinski definition) is 4. The minimum atomic E-state index is -0.494. The van der Waals surface area contributed by atoms with E-state index >= 15 is 0 Å². The Labute approximate surface area is 155 Å². The van der Waals surface area contributed by atoms with Crippen molar-refractivity contribution in [1.29, 1.82) is 0 Å². The van der Waals surface area contributed by atoms with Crippen molar-refractivity contribution in [3.8, 4) is 28.3 Å². The standard InChI is InChI=1S/C20H20N4O3/c1-12-9-14(5-6-18(12)25)17-11-16(23-20(27)24-17)13-3-2-4-15(10-13)19(26)22-8-7-21/h2-6,9-11,25H,7-8,21H2,1H3,(H,22,26)(H,23,24,27). The molecule has 0 radical (unpaired) electrons. The predicted molar refractivity (Wildman–Crippen MR) is 104 cm³/mol. The Balaban J connectivity index is 2.00. The Morgan fingerprint density at radius 2 is 2.00 bits per heavy atom. The zero-order valence-corrected chi connectivity index (χ0v) is 14.8. The summed E-state index contributed by atoms with van der Waals surface area (Å²) >= 11 is 0. The zero-order chi connectivity index (χ0) is 19.4. The highest BCUT2D eigenvalue weighted by molar-refractivity contribution is 5.95. The van der Waals surface area contributed by atoms with E-state index < -0.39 is 5.69 Å². The number of aromatic amines is 1. The molecule has 0 atom stereocenters. The Bertz CT molecular complexity index is 1040. The first kappa shape index (κ1) is 18.3. The molecular formula is C20H20N4O3. The van der Waals surface area contributed by atoms with Gasteiger partial charge in [0.25, 0.3) is 5.91 Å². The van der Waals surface area contributed by atoms with Gasteiger partial charge in [0.05, 0.1) is 11.4 Å². The van der Waals surface area contributed by atoms with Gasteiger partial charge in [-0.3, -0.25) is 4.79 Å². The van der Waals surface area contributed by atoms with E-state index in [2.05, 4.69) is 15.3 Å². The largest absolute Gasteiger partial charge is 0.508 e. The van der Waals surface area contributed by atoms with Crippen LogP contribution in [0.2, 0.25) is 0 Å². The molecule has 7 heteroatoms. The summed E-state index contributed by atoms with van der Waals surface area (Å²) in [6.07, 6.45) is 0. The Hall–Kier alpha value is -3.45. The SMILES string of the molecule is Cc1cc(-c2cc(-c3cccc(C(=O)NCCN)c3)[nH]c(=O)n2)ccc1O. The highest BCUT2D eigenvalue weighted by atomic mass is 16.3. The molecule has 3 rings (SSSR count). The number of carbonyl (C=O) groups is 1. The number of carbonyl (C=O) groups excluding carboxylic acids is 1. The zero-order valence-electron chi connectivity index (χ0n) is 14.8. The lowest BCUT2D eigenvalue weighted by atomic mass is 10.0. The Kier molecular flexibility index (Phi) is 5.33. The first-order valence-electron chi connectivity index (χ1n) is 8.48. The van der Waals surface area contributed by atoms with E-state index in [1.54, 1.807) is 55.5 Å². The van der Waals surface area contributed by atoms with Crippen LogP contribution in [-0.2, 0) is 0 Å². The second-order valence-corrected chi connectivity index (χ2v) is 6.11. The number of aromatic hydroxyl groups is 1. The molecule has 0 spiro atoms. The van der Waals surface area contributed by atoms with Crippen molar-refractivity contribution >= 4 is 5.91 Å². The van der Waals surface area contributed by atoms with Gasteiger partial charge in [0.2, 0.25) is 0 Å². The molecule has 0 fully saturated rings. The van der Waals surface area contributed by atoms with E-state index in [0.29, 0.717) is 41.2 Å². The van der Waals surface area contributed by atoms with Crippen LogP contribution in [0.3, 0.4) is 0 Å². The lowest BCUT2D eigenvalue weighted by Gasteiger charge is -2.08. The fourth-order valence-electron chi connectivity index (χ4n) is 2.69. The third-order valence-electron chi connectivity index (χ3n) is 4.10. The first-order chi connectivity index (χ1) is 13.0. The lowest BCUT2D eigenvalue weighted by Crippen LogP contribution is -2.28. The average Bonchev–Trinajstić information content (AvgIpc) is 2.67. The molecule has 2 aromatic carbocycles. The third kappa shape index (κ3) is 4.21. The molecule has 0 bridgehead atoms. The van der Waals surface area contributed by atoms with Crippen molar-refractivity contribution in [1.82, 2.24) is 15.3 Å². The van der Waals surface area contributed by atoms with Crippen molar-refractivity contribution in [2.24, 2.45) is 5.73 Å². The van der Waals surface area contributed by atoms with Gasteiger partial charge in [0.1, 0.15) is 5.75 Å². The fourth-order valence-corrected chi connectivity index (χ4v) is 2.69. The second-order valence-electron chi connectivity index (χ2n) is 6.11. The summed E-state index contributed by atoms with van der Waals surface area (Å²) in [7, 11) is 0. The van der Waals surface area contributed by atoms with Gasteiger partial charge in [-0.1, -0.05) is 12.1 Å². The maximum absolute atomic E-state index is 12.1. The summed E-state index contributed by atoms with van der Waals surface area (Å²) in [5.41, 5.74) is 8.51. The van der Waals surface area contributed by atoms with Crippen LogP contribution in [-0.4, -0.2) is 34.1 Å². The minimum Gasteiger partial charge on any atom is -0.508 e. The molecule has 0 aliphatic heterocycles. The van der Waals surface area contributed by atoms with Gasteiger partial charge in [-0.2, -0.15) is 4.98 Å². The van der Waals surface area contributed by atoms with E-state index in [1.807, 2.05) is 0 Å². The van der Waals surface area contributed by atoms with Crippen LogP contribution in [0.1, 0.15) is 15.9 Å². The highest BCUT2D eigenvalue weighted by Crippen LogP contribution is 2.26. The van der Waals surface area contributed by atoms with Gasteiger partial charge >= 0.3 is 5.69 Å². The number of benzene rings is 2. The minimum absolute atomic E-state index is 0.181. The molecule has 0 unspecified atom stereocenters. The van der Waals surface area contributed by atoms with Crippen LogP contribution in [0.15, 0.2) is 53.3 Å². The molecule has 0 aliphatic carbocycles. The van der Waals surface area contributed by atoms with E-state index in [9.17, 15) is 14.7 Å². The van der Waals surface area contributed by atoms with Crippen molar-refractivity contribution in [3.05, 3.63) is 70.1 Å². The fraction of sp³-hybridized carbons (Fsp3) is 0.150. The number of H-pyrrole nitrogens is 1. The van der Waals surface area contributed by atoms with Gasteiger partial charge in [-0.25, -0.2) is 4.79 Å². The Morgan fingerprint density at radius 1 is 1.19 bits per heavy atom. The van der Waals surface area contributed by atoms with Crippen LogP contribution < -0.4 is 16.7 Å². The van der Waals surface area contributed by atoms with Crippen LogP contribution in [0.25, 0.3) is 22.5 Å². The molecule has 5 N–H and O–H groups in total. The summed E-state index contributed by atoms with van der Waals surface area (Å²) in [6, 6.07) is 13.7. The summed E-state index contributed by atoms with van der Waals surface area (Å²) in [6.45, 7) is 2.52. The quantitative estimate of drug-likeness (QED) is 0.550. The van der Waals surface area contributed by atoms with Crippen LogP contribution in [0, 0.1) is 6.92 Å². The number of nitrogens with one attached hydrogen (secondary N) is 2. The summed E-state index contributed by atoms with van der Waals surface area (Å²) in [5, 5.41) is 12.4. The van der Waals surface area contributed by atoms with Crippen molar-refractivity contribution in [3.63, 3.8) is 0 Å². The van der Waals surface area contributed by atoms with Crippen LogP contribution >= 0.6 is 0 Å². The van der Waals surface area contributed by atoms with Crippen molar-refractivity contribution in [2.45, 2.75) is 6.92 Å². The number of aromatic nitrogens is 2. The molecule has 7 nitrogen and oxygen atoms in total. The summed E-state index contributed by atoms with van der Waals surface area (Å²) in [5.74, 6) is -0.0481. The normalized spacial score (nSPS) is 10.6. The molecular weight excluding hydrogens is 344 g/mol. The molecule has 0 aliphatic rings. The van der Waals surface area contributed by atoms with Gasteiger partial charge in [-0.15, -0.1) is 0 Å². The van der Waals surface area contributed by atoms with E-state index in [0.717, 1.165) is 5.56 Å². The number of nitrogens with two attached hydrogens (primary N) is 1. The first-order valence-corrected chi connectivity index (χ1v) is 8.48. The van der Waals surface area contributed by atoms with Gasteiger partial charge in [0, 0.05) is 24.2 Å². The number of aryl methyl sites for hydroxylation is 1. The molecule has 3 aromatic rings. The van der Waals surface area contributed by atoms with Crippen LogP contribution in [0.4, 0.5) is 0 Å². The number of phenols is 1. The second kappa shape index (κ2) is 7.84.